The van der Waals surface area contributed by atoms with Crippen molar-refractivity contribution in [3.63, 3.8) is 0 Å². The van der Waals surface area contributed by atoms with E-state index in [0.717, 1.165) is 10.7 Å². The first-order valence-electron chi connectivity index (χ1n) is 4.25. The summed E-state index contributed by atoms with van der Waals surface area (Å²) < 4.78 is 0. The Balaban J connectivity index is 2.88. The highest BCUT2D eigenvalue weighted by Gasteiger charge is 2.11. The van der Waals surface area contributed by atoms with Gasteiger partial charge in [0.1, 0.15) is 5.01 Å². The average molecular weight is 198 g/mol. The van der Waals surface area contributed by atoms with E-state index in [2.05, 4.69) is 18.8 Å². The maximum Gasteiger partial charge on any atom is 0.224 e. The molecular weight excluding hydrogens is 184 g/mol. The van der Waals surface area contributed by atoms with Gasteiger partial charge in [-0.2, -0.15) is 0 Å². The zero-order valence-electron chi connectivity index (χ0n) is 8.13. The molecule has 4 heteroatoms. The molecule has 0 aliphatic rings. The topological polar surface area (TPSA) is 56.0 Å². The van der Waals surface area contributed by atoms with Gasteiger partial charge in [0.25, 0.3) is 0 Å². The molecule has 3 nitrogen and oxygen atoms in total. The number of carbonyl (C=O) groups excluding carboxylic acids is 1. The van der Waals surface area contributed by atoms with E-state index in [1.807, 2.05) is 6.92 Å². The zero-order valence-corrected chi connectivity index (χ0v) is 8.94. The van der Waals surface area contributed by atoms with Crippen LogP contribution in [-0.2, 0) is 11.2 Å². The molecule has 0 spiro atoms. The van der Waals surface area contributed by atoms with Gasteiger partial charge in [0, 0.05) is 4.88 Å². The molecule has 1 rings (SSSR count). The van der Waals surface area contributed by atoms with E-state index in [1.54, 1.807) is 11.3 Å². The van der Waals surface area contributed by atoms with E-state index in [4.69, 9.17) is 5.73 Å². The number of hydrogen-bond donors (Lipinski definition) is 1. The van der Waals surface area contributed by atoms with E-state index >= 15 is 0 Å². The lowest BCUT2D eigenvalue weighted by Gasteiger charge is -1.99. The molecule has 2 N–H and O–H groups in total. The summed E-state index contributed by atoms with van der Waals surface area (Å²) in [6.07, 6.45) is 0.262. The van der Waals surface area contributed by atoms with Gasteiger partial charge in [-0.15, -0.1) is 11.3 Å². The van der Waals surface area contributed by atoms with Crippen LogP contribution in [0.5, 0.6) is 0 Å². The molecule has 1 aromatic heterocycles. The second-order valence-corrected chi connectivity index (χ2v) is 4.63. The van der Waals surface area contributed by atoms with Crippen LogP contribution in [0, 0.1) is 6.92 Å². The highest BCUT2D eigenvalue weighted by Crippen LogP contribution is 2.24. The molecule has 1 aromatic rings. The summed E-state index contributed by atoms with van der Waals surface area (Å²) in [5.41, 5.74) is 6.17. The molecule has 72 valence electrons. The molecule has 0 aliphatic carbocycles. The van der Waals surface area contributed by atoms with Gasteiger partial charge in [-0.05, 0) is 12.8 Å². The molecule has 1 heterocycles. The first-order chi connectivity index (χ1) is 6.00. The summed E-state index contributed by atoms with van der Waals surface area (Å²) in [6.45, 7) is 6.21. The molecule has 0 aromatic carbocycles. The van der Waals surface area contributed by atoms with Crippen molar-refractivity contribution < 1.29 is 4.79 Å². The van der Waals surface area contributed by atoms with Crippen LogP contribution in [0.25, 0.3) is 0 Å². The van der Waals surface area contributed by atoms with Crippen molar-refractivity contribution in [1.82, 2.24) is 4.98 Å². The van der Waals surface area contributed by atoms with Gasteiger partial charge in [-0.3, -0.25) is 4.79 Å². The number of amides is 1. The van der Waals surface area contributed by atoms with Gasteiger partial charge in [0.15, 0.2) is 0 Å². The third-order valence-electron chi connectivity index (χ3n) is 1.75. The minimum Gasteiger partial charge on any atom is -0.369 e. The second-order valence-electron chi connectivity index (χ2n) is 3.35. The molecule has 0 fully saturated rings. The largest absolute Gasteiger partial charge is 0.369 e. The first-order valence-corrected chi connectivity index (χ1v) is 5.07. The van der Waals surface area contributed by atoms with E-state index in [9.17, 15) is 4.79 Å². The normalized spacial score (nSPS) is 10.8. The van der Waals surface area contributed by atoms with E-state index in [-0.39, 0.29) is 12.3 Å². The van der Waals surface area contributed by atoms with Crippen LogP contribution in [0.3, 0.4) is 0 Å². The van der Waals surface area contributed by atoms with Crippen molar-refractivity contribution in [2.75, 3.05) is 0 Å². The first kappa shape index (κ1) is 10.2. The number of nitrogens with two attached hydrogens (primary N) is 1. The lowest BCUT2D eigenvalue weighted by Crippen LogP contribution is -2.13. The van der Waals surface area contributed by atoms with Crippen LogP contribution in [0.2, 0.25) is 0 Å². The Morgan fingerprint density at radius 1 is 1.62 bits per heavy atom. The van der Waals surface area contributed by atoms with Crippen LogP contribution >= 0.6 is 11.3 Å². The number of aryl methyl sites for hydroxylation is 1. The van der Waals surface area contributed by atoms with Crippen molar-refractivity contribution in [1.29, 1.82) is 0 Å². The number of rotatable bonds is 3. The Bertz CT molecular complexity index is 317. The smallest absolute Gasteiger partial charge is 0.224 e. The summed E-state index contributed by atoms with van der Waals surface area (Å²) in [5.74, 6) is 0.0990. The summed E-state index contributed by atoms with van der Waals surface area (Å²) in [7, 11) is 0. The second kappa shape index (κ2) is 3.87. The number of aromatic nitrogens is 1. The number of carbonyl (C=O) groups is 1. The van der Waals surface area contributed by atoms with Gasteiger partial charge < -0.3 is 5.73 Å². The van der Waals surface area contributed by atoms with Gasteiger partial charge in [-0.25, -0.2) is 4.98 Å². The highest BCUT2D eigenvalue weighted by molar-refractivity contribution is 7.11. The Morgan fingerprint density at radius 3 is 2.62 bits per heavy atom. The monoisotopic (exact) mass is 198 g/mol. The van der Waals surface area contributed by atoms with Gasteiger partial charge in [0.2, 0.25) is 5.91 Å². The van der Waals surface area contributed by atoms with Crippen LogP contribution in [0.4, 0.5) is 0 Å². The fourth-order valence-electron chi connectivity index (χ4n) is 1.23. The van der Waals surface area contributed by atoms with Crippen LogP contribution < -0.4 is 5.73 Å². The third-order valence-corrected chi connectivity index (χ3v) is 2.74. The Labute approximate surface area is 82.0 Å². The van der Waals surface area contributed by atoms with Crippen molar-refractivity contribution in [3.05, 3.63) is 15.6 Å². The predicted molar refractivity (Wildman–Crippen MR) is 53.8 cm³/mol. The standard InChI is InChI=1S/C9H14N2OS/c1-5(2)9-6(3)13-8(11-9)4-7(10)12/h5H,4H2,1-3H3,(H2,10,12). The molecule has 0 saturated carbocycles. The number of thiazole rings is 1. The molecule has 0 atom stereocenters. The Morgan fingerprint density at radius 2 is 2.23 bits per heavy atom. The minimum absolute atomic E-state index is 0.262. The fourth-order valence-corrected chi connectivity index (χ4v) is 2.32. The lowest BCUT2D eigenvalue weighted by atomic mass is 10.1. The zero-order chi connectivity index (χ0) is 10.0. The van der Waals surface area contributed by atoms with Crippen LogP contribution in [0.1, 0.15) is 35.3 Å². The minimum atomic E-state index is -0.316. The van der Waals surface area contributed by atoms with Gasteiger partial charge in [-0.1, -0.05) is 13.8 Å². The molecule has 0 radical (unpaired) electrons. The Hall–Kier alpha value is -0.900. The number of nitrogens with zero attached hydrogens (tertiary/aromatic N) is 1. The molecule has 1 amide bonds. The maximum atomic E-state index is 10.6. The number of primary amides is 1. The SMILES string of the molecule is Cc1sc(CC(N)=O)nc1C(C)C. The van der Waals surface area contributed by atoms with E-state index < -0.39 is 0 Å². The van der Waals surface area contributed by atoms with E-state index in [0.29, 0.717) is 5.92 Å². The molecule has 0 bridgehead atoms. The van der Waals surface area contributed by atoms with Crippen molar-refractivity contribution >= 4 is 17.2 Å². The highest BCUT2D eigenvalue weighted by atomic mass is 32.1. The molecule has 0 saturated heterocycles. The summed E-state index contributed by atoms with van der Waals surface area (Å²) in [6, 6.07) is 0. The van der Waals surface area contributed by atoms with Crippen molar-refractivity contribution in [3.8, 4) is 0 Å². The van der Waals surface area contributed by atoms with Gasteiger partial charge in [0.05, 0.1) is 12.1 Å². The fraction of sp³-hybridized carbons (Fsp3) is 0.556. The predicted octanol–water partition coefficient (Wildman–Crippen LogP) is 1.60. The quantitative estimate of drug-likeness (QED) is 0.802. The third kappa shape index (κ3) is 2.52. The molecule has 13 heavy (non-hydrogen) atoms. The van der Waals surface area contributed by atoms with Crippen molar-refractivity contribution in [2.24, 2.45) is 5.73 Å². The average Bonchev–Trinajstić information content (AvgIpc) is 2.29. The van der Waals surface area contributed by atoms with E-state index in [1.165, 1.54) is 4.88 Å². The lowest BCUT2D eigenvalue weighted by molar-refractivity contribution is -0.117. The Kier molecular flexibility index (Phi) is 3.03. The number of hydrogen-bond acceptors (Lipinski definition) is 3. The maximum absolute atomic E-state index is 10.6. The molecule has 0 aliphatic heterocycles. The summed E-state index contributed by atoms with van der Waals surface area (Å²) in [5, 5.41) is 0.828. The van der Waals surface area contributed by atoms with Crippen LogP contribution in [0.15, 0.2) is 0 Å². The summed E-state index contributed by atoms with van der Waals surface area (Å²) >= 11 is 1.56. The summed E-state index contributed by atoms with van der Waals surface area (Å²) in [4.78, 5) is 16.2. The van der Waals surface area contributed by atoms with Gasteiger partial charge >= 0.3 is 0 Å². The van der Waals surface area contributed by atoms with Crippen LogP contribution in [-0.4, -0.2) is 10.9 Å². The molecule has 0 unspecified atom stereocenters. The van der Waals surface area contributed by atoms with Crippen molar-refractivity contribution in [2.45, 2.75) is 33.1 Å². The molecular formula is C9H14N2OS.